The van der Waals surface area contributed by atoms with E-state index in [1.807, 2.05) is 13.8 Å². The topological polar surface area (TPSA) is 64.3 Å². The Bertz CT molecular complexity index is 531. The molecule has 21 heavy (non-hydrogen) atoms. The summed E-state index contributed by atoms with van der Waals surface area (Å²) in [5.74, 6) is 1.29. The van der Waals surface area contributed by atoms with Crippen molar-refractivity contribution in [3.8, 4) is 5.75 Å². The Hall–Kier alpha value is -1.23. The highest BCUT2D eigenvalue weighted by Gasteiger charge is 2.45. The maximum absolute atomic E-state index is 12.2. The van der Waals surface area contributed by atoms with Gasteiger partial charge in [-0.3, -0.25) is 4.79 Å². The van der Waals surface area contributed by atoms with Crippen molar-refractivity contribution in [1.29, 1.82) is 0 Å². The van der Waals surface area contributed by atoms with Crippen LogP contribution in [-0.2, 0) is 0 Å². The summed E-state index contributed by atoms with van der Waals surface area (Å²) in [6.45, 7) is 9.22. The van der Waals surface area contributed by atoms with Crippen LogP contribution in [0.15, 0.2) is 0 Å². The molecule has 2 rings (SSSR count). The monoisotopic (exact) mass is 310 g/mol. The number of Topliss-reactive ketones (excluding diaryl/α,β-unsaturated/α-hetero) is 1. The number of nitrogens with two attached hydrogens (primary N) is 1. The fraction of sp³-hybridized carbons (Fsp3) is 0.688. The van der Waals surface area contributed by atoms with Crippen molar-refractivity contribution in [3.63, 3.8) is 0 Å². The van der Waals surface area contributed by atoms with E-state index >= 15 is 0 Å². The van der Waals surface area contributed by atoms with Crippen LogP contribution in [0.3, 0.4) is 0 Å². The lowest BCUT2D eigenvalue weighted by Gasteiger charge is -2.20. The molecule has 0 aromatic carbocycles. The lowest BCUT2D eigenvalue weighted by Crippen LogP contribution is -2.20. The second kappa shape index (κ2) is 5.87. The van der Waals surface area contributed by atoms with Gasteiger partial charge in [0.15, 0.2) is 11.5 Å². The lowest BCUT2D eigenvalue weighted by molar-refractivity contribution is 0.0944. The number of methoxy groups -OCH3 is 1. The van der Waals surface area contributed by atoms with Crippen molar-refractivity contribution in [1.82, 2.24) is 0 Å². The summed E-state index contributed by atoms with van der Waals surface area (Å²) < 4.78 is 5.40. The fourth-order valence-electron chi connectivity index (χ4n) is 2.57. The van der Waals surface area contributed by atoms with E-state index in [0.717, 1.165) is 11.5 Å². The van der Waals surface area contributed by atoms with Gasteiger partial charge in [0, 0.05) is 12.5 Å². The maximum Gasteiger partial charge on any atom is 0.177 e. The van der Waals surface area contributed by atoms with Crippen LogP contribution in [0.25, 0.3) is 0 Å². The number of nitrogens with one attached hydrogen (secondary N) is 1. The second-order valence-corrected chi connectivity index (χ2v) is 7.62. The minimum absolute atomic E-state index is 0.0612. The molecule has 1 saturated carbocycles. The fourth-order valence-corrected chi connectivity index (χ4v) is 3.74. The molecule has 0 amide bonds. The molecule has 1 heterocycles. The van der Waals surface area contributed by atoms with E-state index < -0.39 is 0 Å². The van der Waals surface area contributed by atoms with Gasteiger partial charge in [-0.1, -0.05) is 27.7 Å². The summed E-state index contributed by atoms with van der Waals surface area (Å²) in [4.78, 5) is 12.8. The van der Waals surface area contributed by atoms with Crippen LogP contribution < -0.4 is 15.8 Å². The van der Waals surface area contributed by atoms with Crippen LogP contribution in [0.4, 0.5) is 10.7 Å². The van der Waals surface area contributed by atoms with E-state index in [1.165, 1.54) is 24.2 Å². The number of ether oxygens (including phenoxy) is 1. The summed E-state index contributed by atoms with van der Waals surface area (Å²) in [6, 6.07) is 0. The van der Waals surface area contributed by atoms with Crippen molar-refractivity contribution < 1.29 is 9.53 Å². The average molecular weight is 310 g/mol. The zero-order valence-electron chi connectivity index (χ0n) is 13.6. The predicted octanol–water partition coefficient (Wildman–Crippen LogP) is 4.03. The number of thiophene rings is 1. The first-order valence-electron chi connectivity index (χ1n) is 7.56. The second-order valence-electron chi connectivity index (χ2n) is 6.60. The summed E-state index contributed by atoms with van der Waals surface area (Å²) in [5, 5.41) is 4.35. The van der Waals surface area contributed by atoms with Gasteiger partial charge in [-0.05, 0) is 24.2 Å². The van der Waals surface area contributed by atoms with Gasteiger partial charge in [-0.25, -0.2) is 0 Å². The SMILES string of the molecule is COc1c(NCC2(C(C)C)CC2)sc(C(=O)C(C)C)c1N. The smallest absolute Gasteiger partial charge is 0.177 e. The normalized spacial score (nSPS) is 16.3. The van der Waals surface area contributed by atoms with Gasteiger partial charge >= 0.3 is 0 Å². The average Bonchev–Trinajstić information content (AvgIpc) is 3.15. The third-order valence-electron chi connectivity index (χ3n) is 4.57. The number of carbonyl (C=O) groups is 1. The molecule has 0 aliphatic heterocycles. The Kier molecular flexibility index (Phi) is 4.51. The number of rotatable bonds is 7. The molecule has 0 radical (unpaired) electrons. The molecule has 0 saturated heterocycles. The van der Waals surface area contributed by atoms with Crippen molar-refractivity contribution in [2.75, 3.05) is 24.7 Å². The number of anilines is 2. The summed E-state index contributed by atoms with van der Waals surface area (Å²) >= 11 is 1.42. The molecule has 0 spiro atoms. The van der Waals surface area contributed by atoms with E-state index in [-0.39, 0.29) is 11.7 Å². The van der Waals surface area contributed by atoms with Crippen molar-refractivity contribution in [2.45, 2.75) is 40.5 Å². The van der Waals surface area contributed by atoms with E-state index in [1.54, 1.807) is 7.11 Å². The van der Waals surface area contributed by atoms with Crippen LogP contribution in [0.2, 0.25) is 0 Å². The Balaban J connectivity index is 2.20. The largest absolute Gasteiger partial charge is 0.492 e. The molecule has 1 aromatic rings. The number of carbonyl (C=O) groups excluding carboxylic acids is 1. The predicted molar refractivity (Wildman–Crippen MR) is 89.4 cm³/mol. The van der Waals surface area contributed by atoms with Crippen molar-refractivity contribution in [2.24, 2.45) is 17.3 Å². The summed E-state index contributed by atoms with van der Waals surface area (Å²) in [7, 11) is 1.60. The standard InChI is InChI=1S/C16H26N2O2S/c1-9(2)12(19)14-11(17)13(20-5)15(21-14)18-8-16(6-7-16)10(3)4/h9-10,18H,6-8,17H2,1-5H3. The van der Waals surface area contributed by atoms with Crippen LogP contribution in [0, 0.1) is 17.3 Å². The Morgan fingerprint density at radius 3 is 2.43 bits per heavy atom. The first kappa shape index (κ1) is 16.1. The molecule has 4 nitrogen and oxygen atoms in total. The molecule has 3 N–H and O–H groups in total. The Morgan fingerprint density at radius 2 is 2.00 bits per heavy atom. The van der Waals surface area contributed by atoms with Gasteiger partial charge in [-0.15, -0.1) is 11.3 Å². The molecule has 5 heteroatoms. The quantitative estimate of drug-likeness (QED) is 0.746. The molecule has 1 aliphatic rings. The van der Waals surface area contributed by atoms with Gasteiger partial charge in [-0.2, -0.15) is 0 Å². The number of ketones is 1. The minimum Gasteiger partial charge on any atom is -0.492 e. The van der Waals surface area contributed by atoms with E-state index in [4.69, 9.17) is 10.5 Å². The molecular formula is C16H26N2O2S. The van der Waals surface area contributed by atoms with Gasteiger partial charge in [0.2, 0.25) is 0 Å². The highest BCUT2D eigenvalue weighted by molar-refractivity contribution is 7.19. The van der Waals surface area contributed by atoms with Crippen LogP contribution in [0.5, 0.6) is 5.75 Å². The number of nitrogen functional groups attached to an aromatic ring is 1. The third kappa shape index (κ3) is 3.03. The number of hydrogen-bond donors (Lipinski definition) is 2. The molecule has 0 bridgehead atoms. The van der Waals surface area contributed by atoms with E-state index in [9.17, 15) is 4.79 Å². The molecular weight excluding hydrogens is 284 g/mol. The zero-order chi connectivity index (χ0) is 15.8. The van der Waals surface area contributed by atoms with Crippen LogP contribution in [0.1, 0.15) is 50.2 Å². The van der Waals surface area contributed by atoms with Gasteiger partial charge < -0.3 is 15.8 Å². The highest BCUT2D eigenvalue weighted by Crippen LogP contribution is 2.53. The molecule has 1 fully saturated rings. The third-order valence-corrected chi connectivity index (χ3v) is 5.73. The zero-order valence-corrected chi connectivity index (χ0v) is 14.4. The molecule has 0 unspecified atom stereocenters. The Labute approximate surface area is 131 Å². The van der Waals surface area contributed by atoms with E-state index in [0.29, 0.717) is 27.6 Å². The lowest BCUT2D eigenvalue weighted by atomic mass is 9.92. The number of hydrogen-bond acceptors (Lipinski definition) is 5. The van der Waals surface area contributed by atoms with Crippen molar-refractivity contribution in [3.05, 3.63) is 4.88 Å². The summed E-state index contributed by atoms with van der Waals surface area (Å²) in [5.41, 5.74) is 6.96. The molecule has 1 aliphatic carbocycles. The van der Waals surface area contributed by atoms with Gasteiger partial charge in [0.1, 0.15) is 5.00 Å². The minimum atomic E-state index is -0.0612. The first-order valence-corrected chi connectivity index (χ1v) is 8.38. The molecule has 118 valence electrons. The molecule has 0 atom stereocenters. The van der Waals surface area contributed by atoms with E-state index in [2.05, 4.69) is 19.2 Å². The van der Waals surface area contributed by atoms with Crippen molar-refractivity contribution >= 4 is 27.8 Å². The van der Waals surface area contributed by atoms with Gasteiger partial charge in [0.25, 0.3) is 0 Å². The highest BCUT2D eigenvalue weighted by atomic mass is 32.1. The maximum atomic E-state index is 12.2. The first-order chi connectivity index (χ1) is 9.82. The van der Waals surface area contributed by atoms with Crippen LogP contribution in [-0.4, -0.2) is 19.4 Å². The summed E-state index contributed by atoms with van der Waals surface area (Å²) in [6.07, 6.45) is 2.53. The molecule has 1 aromatic heterocycles. The van der Waals surface area contributed by atoms with Gasteiger partial charge in [0.05, 0.1) is 17.7 Å². The van der Waals surface area contributed by atoms with Crippen LogP contribution >= 0.6 is 11.3 Å². The Morgan fingerprint density at radius 1 is 1.38 bits per heavy atom.